The summed E-state index contributed by atoms with van der Waals surface area (Å²) in [7, 11) is 0. The van der Waals surface area contributed by atoms with Gasteiger partial charge in [-0.1, -0.05) is 36.4 Å². The first-order chi connectivity index (χ1) is 19.1. The van der Waals surface area contributed by atoms with Gasteiger partial charge in [-0.25, -0.2) is 19.2 Å². The highest BCUT2D eigenvalue weighted by molar-refractivity contribution is 5.75. The average Bonchev–Trinajstić information content (AvgIpc) is 3.29. The molecule has 2 aliphatic rings. The summed E-state index contributed by atoms with van der Waals surface area (Å²) < 4.78 is 54.1. The number of fused-ring (bicyclic) bond motifs is 1. The molecule has 1 saturated heterocycles. The van der Waals surface area contributed by atoms with E-state index in [2.05, 4.69) is 25.5 Å². The zero-order valence-corrected chi connectivity index (χ0v) is 22.4. The van der Waals surface area contributed by atoms with E-state index in [0.29, 0.717) is 50.7 Å². The summed E-state index contributed by atoms with van der Waals surface area (Å²) in [5.74, 6) is -1.19. The SMILES string of the molecule is CC(C)Nc1ncc2c(n1)CN(C(=O)N[C@@H]1CN(Cc3ccccc3)C[C@H]1c1ccc(C(F)(F)F)c(F)c1)CC2. The van der Waals surface area contributed by atoms with Gasteiger partial charge in [0.05, 0.1) is 23.8 Å². The molecule has 0 spiro atoms. The van der Waals surface area contributed by atoms with Crippen LogP contribution in [0.25, 0.3) is 0 Å². The van der Waals surface area contributed by atoms with Crippen LogP contribution in [-0.4, -0.2) is 57.5 Å². The Morgan fingerprint density at radius 2 is 1.90 bits per heavy atom. The van der Waals surface area contributed by atoms with Crippen molar-refractivity contribution in [1.82, 2.24) is 25.1 Å². The van der Waals surface area contributed by atoms with Gasteiger partial charge in [0, 0.05) is 44.3 Å². The van der Waals surface area contributed by atoms with Crippen LogP contribution in [0.3, 0.4) is 0 Å². The molecular formula is C29H32F4N6O. The van der Waals surface area contributed by atoms with Crippen LogP contribution in [0.15, 0.2) is 54.7 Å². The maximum Gasteiger partial charge on any atom is 0.419 e. The van der Waals surface area contributed by atoms with Gasteiger partial charge in [0.15, 0.2) is 0 Å². The number of hydrogen-bond acceptors (Lipinski definition) is 5. The fraction of sp³-hybridized carbons (Fsp3) is 0.414. The molecule has 0 radical (unpaired) electrons. The maximum atomic E-state index is 14.5. The van der Waals surface area contributed by atoms with Gasteiger partial charge in [-0.3, -0.25) is 4.90 Å². The van der Waals surface area contributed by atoms with Crippen LogP contribution in [0.2, 0.25) is 0 Å². The lowest BCUT2D eigenvalue weighted by Crippen LogP contribution is -2.49. The third kappa shape index (κ3) is 6.35. The van der Waals surface area contributed by atoms with Crippen molar-refractivity contribution >= 4 is 12.0 Å². The Hall–Kier alpha value is -3.73. The Morgan fingerprint density at radius 3 is 2.60 bits per heavy atom. The second kappa shape index (κ2) is 11.4. The molecule has 0 saturated carbocycles. The van der Waals surface area contributed by atoms with E-state index in [1.807, 2.05) is 44.2 Å². The quantitative estimate of drug-likeness (QED) is 0.409. The van der Waals surface area contributed by atoms with Crippen LogP contribution in [0.1, 0.15) is 47.7 Å². The van der Waals surface area contributed by atoms with Gasteiger partial charge >= 0.3 is 12.2 Å². The first kappa shape index (κ1) is 27.8. The van der Waals surface area contributed by atoms with Crippen molar-refractivity contribution in [2.75, 3.05) is 25.0 Å². The Bertz CT molecular complexity index is 1350. The number of carbonyl (C=O) groups excluding carboxylic acids is 1. The van der Waals surface area contributed by atoms with Crippen molar-refractivity contribution in [3.63, 3.8) is 0 Å². The third-order valence-electron chi connectivity index (χ3n) is 7.33. The molecule has 2 aromatic carbocycles. The van der Waals surface area contributed by atoms with E-state index in [0.717, 1.165) is 29.0 Å². The fourth-order valence-electron chi connectivity index (χ4n) is 5.39. The highest BCUT2D eigenvalue weighted by Crippen LogP contribution is 2.35. The average molecular weight is 557 g/mol. The number of aromatic nitrogens is 2. The Morgan fingerprint density at radius 1 is 1.12 bits per heavy atom. The van der Waals surface area contributed by atoms with E-state index >= 15 is 0 Å². The predicted molar refractivity (Wildman–Crippen MR) is 143 cm³/mol. The summed E-state index contributed by atoms with van der Waals surface area (Å²) in [6.07, 6.45) is -2.37. The van der Waals surface area contributed by atoms with Gasteiger partial charge in [-0.2, -0.15) is 13.2 Å². The largest absolute Gasteiger partial charge is 0.419 e. The molecule has 0 aliphatic carbocycles. The van der Waals surface area contributed by atoms with Crippen molar-refractivity contribution in [2.24, 2.45) is 0 Å². The van der Waals surface area contributed by atoms with E-state index in [1.165, 1.54) is 6.07 Å². The summed E-state index contributed by atoms with van der Waals surface area (Å²) in [6.45, 7) is 6.32. The van der Waals surface area contributed by atoms with Crippen LogP contribution in [0, 0.1) is 5.82 Å². The van der Waals surface area contributed by atoms with Crippen molar-refractivity contribution in [3.05, 3.63) is 88.5 Å². The van der Waals surface area contributed by atoms with E-state index in [9.17, 15) is 22.4 Å². The number of hydrogen-bond donors (Lipinski definition) is 2. The van der Waals surface area contributed by atoms with Crippen LogP contribution < -0.4 is 10.6 Å². The zero-order chi connectivity index (χ0) is 28.4. The number of alkyl halides is 3. The predicted octanol–water partition coefficient (Wildman–Crippen LogP) is 5.19. The monoisotopic (exact) mass is 556 g/mol. The number of urea groups is 1. The van der Waals surface area contributed by atoms with Crippen LogP contribution in [0.5, 0.6) is 0 Å². The van der Waals surface area contributed by atoms with E-state index < -0.39 is 23.6 Å². The molecule has 2 amide bonds. The lowest BCUT2D eigenvalue weighted by atomic mass is 9.93. The second-order valence-corrected chi connectivity index (χ2v) is 10.7. The van der Waals surface area contributed by atoms with Gasteiger partial charge in [-0.05, 0) is 49.1 Å². The molecule has 1 fully saturated rings. The number of benzene rings is 2. The van der Waals surface area contributed by atoms with Gasteiger partial charge in [0.2, 0.25) is 5.95 Å². The molecule has 11 heteroatoms. The number of nitrogens with one attached hydrogen (secondary N) is 2. The van der Waals surface area contributed by atoms with Gasteiger partial charge in [0.25, 0.3) is 0 Å². The fourth-order valence-corrected chi connectivity index (χ4v) is 5.39. The minimum absolute atomic E-state index is 0.161. The Balaban J connectivity index is 1.34. The van der Waals surface area contributed by atoms with E-state index in [4.69, 9.17) is 0 Å². The molecule has 0 bridgehead atoms. The van der Waals surface area contributed by atoms with Crippen LogP contribution >= 0.6 is 0 Å². The van der Waals surface area contributed by atoms with Crippen molar-refractivity contribution in [1.29, 1.82) is 0 Å². The normalized spacial score (nSPS) is 19.5. The Kier molecular flexibility index (Phi) is 7.93. The summed E-state index contributed by atoms with van der Waals surface area (Å²) in [5, 5.41) is 6.27. The van der Waals surface area contributed by atoms with Gasteiger partial charge in [0.1, 0.15) is 5.82 Å². The molecule has 1 aromatic heterocycles. The maximum absolute atomic E-state index is 14.5. The molecule has 2 aliphatic heterocycles. The van der Waals surface area contributed by atoms with Gasteiger partial charge < -0.3 is 15.5 Å². The molecule has 2 N–H and O–H groups in total. The number of nitrogens with zero attached hydrogens (tertiary/aromatic N) is 4. The number of halogens is 4. The summed E-state index contributed by atoms with van der Waals surface area (Å²) in [4.78, 5) is 26.2. The number of rotatable bonds is 6. The molecule has 5 rings (SSSR count). The zero-order valence-electron chi connectivity index (χ0n) is 22.4. The lowest BCUT2D eigenvalue weighted by Gasteiger charge is -2.30. The minimum atomic E-state index is -4.77. The summed E-state index contributed by atoms with van der Waals surface area (Å²) in [6, 6.07) is 12.3. The topological polar surface area (TPSA) is 73.4 Å². The molecule has 7 nitrogen and oxygen atoms in total. The molecule has 0 unspecified atom stereocenters. The number of likely N-dealkylation sites (tertiary alicyclic amines) is 1. The van der Waals surface area contributed by atoms with Crippen LogP contribution in [0.4, 0.5) is 28.3 Å². The first-order valence-electron chi connectivity index (χ1n) is 13.4. The number of anilines is 1. The summed E-state index contributed by atoms with van der Waals surface area (Å²) >= 11 is 0. The highest BCUT2D eigenvalue weighted by atomic mass is 19.4. The van der Waals surface area contributed by atoms with Gasteiger partial charge in [-0.15, -0.1) is 0 Å². The van der Waals surface area contributed by atoms with Crippen molar-refractivity contribution < 1.29 is 22.4 Å². The molecular weight excluding hydrogens is 524 g/mol. The van der Waals surface area contributed by atoms with E-state index in [1.54, 1.807) is 11.1 Å². The molecule has 3 heterocycles. The number of amides is 2. The minimum Gasteiger partial charge on any atom is -0.352 e. The summed E-state index contributed by atoms with van der Waals surface area (Å²) in [5.41, 5.74) is 1.97. The molecule has 212 valence electrons. The van der Waals surface area contributed by atoms with E-state index in [-0.39, 0.29) is 18.0 Å². The number of carbonyl (C=O) groups is 1. The Labute approximate surface area is 230 Å². The first-order valence-corrected chi connectivity index (χ1v) is 13.4. The smallest absolute Gasteiger partial charge is 0.352 e. The molecule has 3 aromatic rings. The lowest BCUT2D eigenvalue weighted by molar-refractivity contribution is -0.140. The second-order valence-electron chi connectivity index (χ2n) is 10.7. The van der Waals surface area contributed by atoms with Crippen LogP contribution in [-0.2, 0) is 25.7 Å². The standard InChI is InChI=1S/C29H32F4N6O/c1-18(2)35-27-34-13-21-10-11-39(17-25(21)36-27)28(40)37-26-16-38(14-19-6-4-3-5-7-19)15-22(26)20-8-9-23(24(30)12-20)29(31,32)33/h3-9,12-13,18,22,26H,10-11,14-17H2,1-2H3,(H,37,40)(H,34,35,36)/t22-,26+/m0/s1. The molecule has 40 heavy (non-hydrogen) atoms. The highest BCUT2D eigenvalue weighted by Gasteiger charge is 2.38. The van der Waals surface area contributed by atoms with Crippen molar-refractivity contribution in [2.45, 2.75) is 57.5 Å². The molecule has 2 atom stereocenters. The van der Waals surface area contributed by atoms with Crippen molar-refractivity contribution in [3.8, 4) is 0 Å². The third-order valence-corrected chi connectivity index (χ3v) is 7.33.